The van der Waals surface area contributed by atoms with E-state index in [1.54, 1.807) is 0 Å². The molecule has 2 unspecified atom stereocenters. The summed E-state index contributed by atoms with van der Waals surface area (Å²) in [5.74, 6) is -2.76. The number of ether oxygens (including phenoxy) is 1. The van der Waals surface area contributed by atoms with Crippen LogP contribution in [-0.2, 0) is 29.2 Å². The van der Waals surface area contributed by atoms with Crippen molar-refractivity contribution in [3.8, 4) is 0 Å². The molecule has 4 rings (SSSR count). The highest BCUT2D eigenvalue weighted by Gasteiger charge is 2.38. The number of carboxylic acid groups (broad SMARTS) is 1. The summed E-state index contributed by atoms with van der Waals surface area (Å²) in [5.41, 5.74) is 5.23. The van der Waals surface area contributed by atoms with E-state index in [1.807, 2.05) is 6.20 Å². The van der Waals surface area contributed by atoms with Crippen LogP contribution in [0.1, 0.15) is 30.5 Å². The maximum absolute atomic E-state index is 10.6. The van der Waals surface area contributed by atoms with Crippen molar-refractivity contribution in [1.82, 2.24) is 15.2 Å². The highest BCUT2D eigenvalue weighted by molar-refractivity contribution is 5.82. The van der Waals surface area contributed by atoms with E-state index in [0.717, 1.165) is 32.7 Å². The molecule has 3 N–H and O–H groups in total. The zero-order valence-electron chi connectivity index (χ0n) is 19.2. The molecule has 0 radical (unpaired) electrons. The highest BCUT2D eigenvalue weighted by atomic mass is 19.4. The first kappa shape index (κ1) is 25.7. The number of para-hydroxylation sites is 1. The normalized spacial score (nSPS) is 19.0. The number of alkyl halides is 3. The van der Waals surface area contributed by atoms with Crippen LogP contribution in [0.2, 0.25) is 0 Å². The summed E-state index contributed by atoms with van der Waals surface area (Å²) in [4.78, 5) is 14.7. The van der Waals surface area contributed by atoms with Crippen LogP contribution >= 0.6 is 0 Å². The predicted molar refractivity (Wildman–Crippen MR) is 124 cm³/mol. The molecule has 3 aromatic rings. The maximum Gasteiger partial charge on any atom is 0.490 e. The first-order valence-corrected chi connectivity index (χ1v) is 11.1. The fourth-order valence-corrected chi connectivity index (χ4v) is 4.07. The number of rotatable bonds is 6. The number of halogens is 3. The Bertz CT molecular complexity index is 1060. The number of aromatic nitrogens is 1. The zero-order chi connectivity index (χ0) is 24.7. The third-order valence-electron chi connectivity index (χ3n) is 5.49. The standard InChI is InChI=1S/C23H29N3O.C2HF3O2/c1-17-14-26(15-18(2)27-17)16-20-8-6-19(7-9-20)12-24-13-22-5-3-4-21-10-11-25-23(21)22;3-2(4,5)1(6)7/h3-11,17-18,24-25H,12-16H2,1-2H3;(H,6,7). The molecule has 2 heterocycles. The van der Waals surface area contributed by atoms with E-state index in [-0.39, 0.29) is 0 Å². The minimum absolute atomic E-state index is 0.321. The van der Waals surface area contributed by atoms with Crippen LogP contribution < -0.4 is 5.32 Å². The summed E-state index contributed by atoms with van der Waals surface area (Å²) >= 11 is 0. The molecule has 0 amide bonds. The van der Waals surface area contributed by atoms with E-state index in [0.29, 0.717) is 12.2 Å². The van der Waals surface area contributed by atoms with Crippen LogP contribution in [0.15, 0.2) is 54.7 Å². The Labute approximate surface area is 196 Å². The second kappa shape index (κ2) is 11.5. The van der Waals surface area contributed by atoms with Crippen LogP contribution in [0.4, 0.5) is 13.2 Å². The Balaban J connectivity index is 0.000000406. The van der Waals surface area contributed by atoms with Gasteiger partial charge in [0.1, 0.15) is 0 Å². The third-order valence-corrected chi connectivity index (χ3v) is 5.49. The Hall–Kier alpha value is -2.88. The van der Waals surface area contributed by atoms with Gasteiger partial charge in [0.05, 0.1) is 12.2 Å². The van der Waals surface area contributed by atoms with Crippen LogP contribution in [0.3, 0.4) is 0 Å². The molecule has 6 nitrogen and oxygen atoms in total. The molecule has 1 aliphatic heterocycles. The van der Waals surface area contributed by atoms with E-state index in [2.05, 4.69) is 77.6 Å². The number of morpholine rings is 1. The lowest BCUT2D eigenvalue weighted by Crippen LogP contribution is -2.44. The summed E-state index contributed by atoms with van der Waals surface area (Å²) < 4.78 is 37.6. The van der Waals surface area contributed by atoms with Gasteiger partial charge in [-0.25, -0.2) is 4.79 Å². The second-order valence-corrected chi connectivity index (χ2v) is 8.53. The van der Waals surface area contributed by atoms with Crippen molar-refractivity contribution < 1.29 is 27.8 Å². The van der Waals surface area contributed by atoms with Crippen molar-refractivity contribution in [2.24, 2.45) is 0 Å². The minimum Gasteiger partial charge on any atom is -0.475 e. The molecule has 1 saturated heterocycles. The average Bonchev–Trinajstić information content (AvgIpc) is 3.24. The number of fused-ring (bicyclic) bond motifs is 1. The van der Waals surface area contributed by atoms with Gasteiger partial charge in [-0.1, -0.05) is 42.5 Å². The SMILES string of the molecule is CC1CN(Cc2ccc(CNCc3cccc4cc[nH]c34)cc2)CC(C)O1.O=C(O)C(F)(F)F. The molecule has 0 aliphatic carbocycles. The van der Waals surface area contributed by atoms with Crippen molar-refractivity contribution in [2.75, 3.05) is 13.1 Å². The molecule has 0 saturated carbocycles. The Morgan fingerprint density at radius 1 is 1.06 bits per heavy atom. The van der Waals surface area contributed by atoms with E-state index >= 15 is 0 Å². The van der Waals surface area contributed by atoms with Gasteiger partial charge < -0.3 is 20.1 Å². The lowest BCUT2D eigenvalue weighted by molar-refractivity contribution is -0.192. The number of benzene rings is 2. The Morgan fingerprint density at radius 2 is 1.68 bits per heavy atom. The van der Waals surface area contributed by atoms with Gasteiger partial charge in [0.15, 0.2) is 0 Å². The van der Waals surface area contributed by atoms with E-state index in [1.165, 1.54) is 27.6 Å². The molecule has 9 heteroatoms. The molecule has 0 bridgehead atoms. The summed E-state index contributed by atoms with van der Waals surface area (Å²) in [6.45, 7) is 9.08. The van der Waals surface area contributed by atoms with Gasteiger partial charge in [-0.05, 0) is 42.0 Å². The third kappa shape index (κ3) is 7.58. The van der Waals surface area contributed by atoms with Gasteiger partial charge in [0, 0.05) is 44.4 Å². The molecule has 1 fully saturated rings. The monoisotopic (exact) mass is 477 g/mol. The number of nitrogens with zero attached hydrogens (tertiary/aromatic N) is 1. The molecule has 0 spiro atoms. The zero-order valence-corrected chi connectivity index (χ0v) is 19.2. The van der Waals surface area contributed by atoms with Crippen LogP contribution in [0, 0.1) is 0 Å². The maximum atomic E-state index is 10.6. The molecule has 1 aliphatic rings. The molecule has 2 aromatic carbocycles. The molecular weight excluding hydrogens is 447 g/mol. The largest absolute Gasteiger partial charge is 0.490 e. The van der Waals surface area contributed by atoms with Crippen molar-refractivity contribution in [2.45, 2.75) is 51.9 Å². The van der Waals surface area contributed by atoms with Gasteiger partial charge in [0.25, 0.3) is 0 Å². The summed E-state index contributed by atoms with van der Waals surface area (Å²) in [5, 5.41) is 12.0. The fraction of sp³-hybridized carbons (Fsp3) is 0.400. The van der Waals surface area contributed by atoms with E-state index < -0.39 is 12.1 Å². The van der Waals surface area contributed by atoms with Crippen molar-refractivity contribution in [3.05, 3.63) is 71.4 Å². The van der Waals surface area contributed by atoms with Crippen LogP contribution in [0.25, 0.3) is 10.9 Å². The topological polar surface area (TPSA) is 77.6 Å². The number of aromatic amines is 1. The number of nitrogens with one attached hydrogen (secondary N) is 2. The van der Waals surface area contributed by atoms with Gasteiger partial charge in [-0.2, -0.15) is 13.2 Å². The number of aliphatic carboxylic acids is 1. The van der Waals surface area contributed by atoms with Gasteiger partial charge in [-0.3, -0.25) is 4.90 Å². The quantitative estimate of drug-likeness (QED) is 0.480. The lowest BCUT2D eigenvalue weighted by Gasteiger charge is -2.35. The molecule has 2 atom stereocenters. The Kier molecular flexibility index (Phi) is 8.71. The summed E-state index contributed by atoms with van der Waals surface area (Å²) in [6.07, 6.45) is -2.44. The molecular formula is C25H30F3N3O3. The fourth-order valence-electron chi connectivity index (χ4n) is 4.07. The van der Waals surface area contributed by atoms with Gasteiger partial charge in [-0.15, -0.1) is 0 Å². The first-order valence-electron chi connectivity index (χ1n) is 11.1. The molecule has 1 aromatic heterocycles. The highest BCUT2D eigenvalue weighted by Crippen LogP contribution is 2.18. The average molecular weight is 478 g/mol. The van der Waals surface area contributed by atoms with Crippen LogP contribution in [0.5, 0.6) is 0 Å². The van der Waals surface area contributed by atoms with Gasteiger partial charge >= 0.3 is 12.1 Å². The van der Waals surface area contributed by atoms with E-state index in [9.17, 15) is 13.2 Å². The van der Waals surface area contributed by atoms with Crippen LogP contribution in [-0.4, -0.2) is 52.4 Å². The number of H-pyrrole nitrogens is 1. The smallest absolute Gasteiger partial charge is 0.475 e. The van der Waals surface area contributed by atoms with Crippen molar-refractivity contribution in [1.29, 1.82) is 0 Å². The van der Waals surface area contributed by atoms with Gasteiger partial charge in [0.2, 0.25) is 0 Å². The molecule has 34 heavy (non-hydrogen) atoms. The first-order chi connectivity index (χ1) is 16.1. The van der Waals surface area contributed by atoms with Crippen molar-refractivity contribution >= 4 is 16.9 Å². The van der Waals surface area contributed by atoms with Crippen molar-refractivity contribution in [3.63, 3.8) is 0 Å². The summed E-state index contributed by atoms with van der Waals surface area (Å²) in [7, 11) is 0. The number of carboxylic acids is 1. The van der Waals surface area contributed by atoms with E-state index in [4.69, 9.17) is 14.6 Å². The number of carbonyl (C=O) groups is 1. The lowest BCUT2D eigenvalue weighted by atomic mass is 10.1. The number of hydrogen-bond donors (Lipinski definition) is 3. The molecule has 184 valence electrons. The summed E-state index contributed by atoms with van der Waals surface area (Å²) in [6, 6.07) is 17.6. The minimum atomic E-state index is -5.08. The Morgan fingerprint density at radius 3 is 2.29 bits per heavy atom. The second-order valence-electron chi connectivity index (χ2n) is 8.53. The number of hydrogen-bond acceptors (Lipinski definition) is 4. The predicted octanol–water partition coefficient (Wildman–Crippen LogP) is 4.70.